The normalized spacial score (nSPS) is 17.7. The maximum atomic E-state index is 12.2. The third-order valence-electron chi connectivity index (χ3n) is 3.25. The van der Waals surface area contributed by atoms with Gasteiger partial charge in [0, 0.05) is 35.8 Å². The van der Waals surface area contributed by atoms with Gasteiger partial charge in [-0.3, -0.25) is 14.9 Å². The lowest BCUT2D eigenvalue weighted by Crippen LogP contribution is -2.29. The predicted molar refractivity (Wildman–Crippen MR) is 78.4 cm³/mol. The van der Waals surface area contributed by atoms with Gasteiger partial charge >= 0.3 is 0 Å². The number of benzene rings is 1. The van der Waals surface area contributed by atoms with Crippen LogP contribution in [0.15, 0.2) is 18.2 Å². The van der Waals surface area contributed by atoms with Crippen molar-refractivity contribution in [2.24, 2.45) is 11.7 Å². The Hall–Kier alpha value is -1.37. The van der Waals surface area contributed by atoms with E-state index in [9.17, 15) is 14.9 Å². The molecule has 1 heterocycles. The first kappa shape index (κ1) is 16.7. The zero-order valence-corrected chi connectivity index (χ0v) is 12.2. The quantitative estimate of drug-likeness (QED) is 0.682. The fourth-order valence-corrected chi connectivity index (χ4v) is 2.42. The van der Waals surface area contributed by atoms with Crippen molar-refractivity contribution in [3.05, 3.63) is 38.9 Å². The first-order valence-electron chi connectivity index (χ1n) is 5.95. The Morgan fingerprint density at radius 2 is 2.20 bits per heavy atom. The average molecular weight is 320 g/mol. The van der Waals surface area contributed by atoms with Gasteiger partial charge in [0.25, 0.3) is 11.6 Å². The molecule has 0 aromatic heterocycles. The molecule has 1 amide bonds. The number of non-ortho nitro benzene ring substituents is 1. The summed E-state index contributed by atoms with van der Waals surface area (Å²) >= 11 is 5.81. The van der Waals surface area contributed by atoms with E-state index in [1.165, 1.54) is 18.2 Å². The fourth-order valence-electron chi connectivity index (χ4n) is 2.20. The van der Waals surface area contributed by atoms with Gasteiger partial charge in [0.2, 0.25) is 0 Å². The summed E-state index contributed by atoms with van der Waals surface area (Å²) in [6.45, 7) is 1.76. The molecule has 0 radical (unpaired) electrons. The predicted octanol–water partition coefficient (Wildman–Crippen LogP) is 2.09. The number of rotatable bonds is 3. The summed E-state index contributed by atoms with van der Waals surface area (Å²) in [4.78, 5) is 24.1. The molecule has 0 bridgehead atoms. The number of carbonyl (C=O) groups is 1. The second kappa shape index (κ2) is 6.88. The van der Waals surface area contributed by atoms with Crippen LogP contribution in [0.25, 0.3) is 0 Å². The molecule has 110 valence electrons. The van der Waals surface area contributed by atoms with Crippen molar-refractivity contribution >= 4 is 35.6 Å². The van der Waals surface area contributed by atoms with Crippen molar-refractivity contribution in [2.45, 2.75) is 6.42 Å². The van der Waals surface area contributed by atoms with E-state index < -0.39 is 4.92 Å². The van der Waals surface area contributed by atoms with E-state index in [-0.39, 0.29) is 34.6 Å². The van der Waals surface area contributed by atoms with E-state index in [2.05, 4.69) is 0 Å². The van der Waals surface area contributed by atoms with Gasteiger partial charge < -0.3 is 10.6 Å². The Morgan fingerprint density at radius 3 is 2.75 bits per heavy atom. The highest BCUT2D eigenvalue weighted by Gasteiger charge is 2.27. The highest BCUT2D eigenvalue weighted by molar-refractivity contribution is 6.31. The van der Waals surface area contributed by atoms with E-state index >= 15 is 0 Å². The molecule has 1 fully saturated rings. The number of hydrogen-bond acceptors (Lipinski definition) is 4. The lowest BCUT2D eigenvalue weighted by molar-refractivity contribution is -0.384. The van der Waals surface area contributed by atoms with E-state index in [1.807, 2.05) is 0 Å². The van der Waals surface area contributed by atoms with Gasteiger partial charge in [-0.25, -0.2) is 0 Å². The van der Waals surface area contributed by atoms with Crippen molar-refractivity contribution in [2.75, 3.05) is 19.6 Å². The molecule has 8 heteroatoms. The molecule has 0 spiro atoms. The summed E-state index contributed by atoms with van der Waals surface area (Å²) in [7, 11) is 0. The maximum absolute atomic E-state index is 12.2. The minimum atomic E-state index is -0.560. The summed E-state index contributed by atoms with van der Waals surface area (Å²) in [5, 5.41) is 10.9. The molecular formula is C12H15Cl2N3O3. The van der Waals surface area contributed by atoms with Gasteiger partial charge in [0.15, 0.2) is 0 Å². The number of nitrogens with two attached hydrogens (primary N) is 1. The van der Waals surface area contributed by atoms with Crippen LogP contribution in [0.3, 0.4) is 0 Å². The molecular weight excluding hydrogens is 305 g/mol. The highest BCUT2D eigenvalue weighted by atomic mass is 35.5. The second-order valence-corrected chi connectivity index (χ2v) is 5.03. The van der Waals surface area contributed by atoms with Gasteiger partial charge in [-0.05, 0) is 24.9 Å². The fraction of sp³-hybridized carbons (Fsp3) is 0.417. The van der Waals surface area contributed by atoms with E-state index in [4.69, 9.17) is 17.3 Å². The smallest absolute Gasteiger partial charge is 0.271 e. The highest BCUT2D eigenvalue weighted by Crippen LogP contribution is 2.24. The van der Waals surface area contributed by atoms with Crippen LogP contribution >= 0.6 is 24.0 Å². The van der Waals surface area contributed by atoms with Gasteiger partial charge in [0.1, 0.15) is 0 Å². The van der Waals surface area contributed by atoms with Gasteiger partial charge in [-0.2, -0.15) is 0 Å². The molecule has 1 aliphatic heterocycles. The number of likely N-dealkylation sites (tertiary alicyclic amines) is 1. The molecule has 2 rings (SSSR count). The number of carbonyl (C=O) groups excluding carboxylic acids is 1. The standard InChI is InChI=1S/C12H14ClN3O3.ClH/c13-10-3-9(4-11(5-10)16(18)19)12(17)15-2-1-8(6-14)7-15;/h3-5,8H,1-2,6-7,14H2;1H. The zero-order chi connectivity index (χ0) is 14.0. The summed E-state index contributed by atoms with van der Waals surface area (Å²) in [5.74, 6) is 0.0691. The topological polar surface area (TPSA) is 89.5 Å². The van der Waals surface area contributed by atoms with E-state index in [1.54, 1.807) is 4.90 Å². The first-order chi connectivity index (χ1) is 9.01. The summed E-state index contributed by atoms with van der Waals surface area (Å²) in [6, 6.07) is 3.93. The number of nitrogens with zero attached hydrogens (tertiary/aromatic N) is 2. The van der Waals surface area contributed by atoms with Crippen LogP contribution < -0.4 is 5.73 Å². The van der Waals surface area contributed by atoms with Crippen molar-refractivity contribution in [1.29, 1.82) is 0 Å². The van der Waals surface area contributed by atoms with Crippen LogP contribution in [0.2, 0.25) is 5.02 Å². The Bertz CT molecular complexity index is 525. The van der Waals surface area contributed by atoms with Gasteiger partial charge in [-0.1, -0.05) is 11.6 Å². The number of halogens is 2. The number of nitro benzene ring substituents is 1. The van der Waals surface area contributed by atoms with Crippen LogP contribution in [0.4, 0.5) is 5.69 Å². The molecule has 20 heavy (non-hydrogen) atoms. The Morgan fingerprint density at radius 1 is 1.50 bits per heavy atom. The Kier molecular flexibility index (Phi) is 5.74. The molecule has 2 N–H and O–H groups in total. The van der Waals surface area contributed by atoms with E-state index in [0.29, 0.717) is 25.6 Å². The number of hydrogen-bond donors (Lipinski definition) is 1. The van der Waals surface area contributed by atoms with Crippen molar-refractivity contribution in [1.82, 2.24) is 4.90 Å². The molecule has 1 atom stereocenters. The van der Waals surface area contributed by atoms with Crippen LogP contribution in [0, 0.1) is 16.0 Å². The van der Waals surface area contributed by atoms with Gasteiger partial charge in [0.05, 0.1) is 4.92 Å². The largest absolute Gasteiger partial charge is 0.338 e. The van der Waals surface area contributed by atoms with Crippen molar-refractivity contribution in [3.63, 3.8) is 0 Å². The Balaban J connectivity index is 0.00000200. The van der Waals surface area contributed by atoms with Crippen LogP contribution in [-0.2, 0) is 0 Å². The lowest BCUT2D eigenvalue weighted by Gasteiger charge is -2.16. The number of nitro groups is 1. The van der Waals surface area contributed by atoms with Crippen molar-refractivity contribution < 1.29 is 9.72 Å². The van der Waals surface area contributed by atoms with Crippen LogP contribution in [0.5, 0.6) is 0 Å². The molecule has 1 aliphatic rings. The monoisotopic (exact) mass is 319 g/mol. The minimum absolute atomic E-state index is 0. The Labute approximate surface area is 127 Å². The molecule has 6 nitrogen and oxygen atoms in total. The molecule has 1 saturated heterocycles. The second-order valence-electron chi connectivity index (χ2n) is 4.60. The summed E-state index contributed by atoms with van der Waals surface area (Å²) in [6.07, 6.45) is 0.866. The third-order valence-corrected chi connectivity index (χ3v) is 3.46. The molecule has 1 unspecified atom stereocenters. The third kappa shape index (κ3) is 3.59. The SMILES string of the molecule is Cl.NCC1CCN(C(=O)c2cc(Cl)cc([N+](=O)[O-])c2)C1. The van der Waals surface area contributed by atoms with Crippen LogP contribution in [-0.4, -0.2) is 35.4 Å². The maximum Gasteiger partial charge on any atom is 0.271 e. The van der Waals surface area contributed by atoms with Crippen LogP contribution in [0.1, 0.15) is 16.8 Å². The molecule has 1 aromatic rings. The van der Waals surface area contributed by atoms with Gasteiger partial charge in [-0.15, -0.1) is 12.4 Å². The van der Waals surface area contributed by atoms with Crippen molar-refractivity contribution in [3.8, 4) is 0 Å². The average Bonchev–Trinajstić information content (AvgIpc) is 2.85. The summed E-state index contributed by atoms with van der Waals surface area (Å²) in [5.41, 5.74) is 5.65. The molecule has 0 aliphatic carbocycles. The molecule has 1 aromatic carbocycles. The number of amides is 1. The zero-order valence-electron chi connectivity index (χ0n) is 10.6. The first-order valence-corrected chi connectivity index (χ1v) is 6.33. The lowest BCUT2D eigenvalue weighted by atomic mass is 10.1. The molecule has 0 saturated carbocycles. The summed E-state index contributed by atoms with van der Waals surface area (Å²) < 4.78 is 0. The van der Waals surface area contributed by atoms with E-state index in [0.717, 1.165) is 6.42 Å². The minimum Gasteiger partial charge on any atom is -0.338 e.